The molecule has 16 heavy (non-hydrogen) atoms. The second-order valence-electron chi connectivity index (χ2n) is 4.44. The molecule has 0 spiro atoms. The third-order valence-electron chi connectivity index (χ3n) is 2.96. The molecule has 3 N–H and O–H groups in total. The highest BCUT2D eigenvalue weighted by Gasteiger charge is 2.24. The second-order valence-corrected chi connectivity index (χ2v) is 4.44. The molecule has 0 aromatic rings. The molecule has 0 aromatic carbocycles. The van der Waals surface area contributed by atoms with E-state index in [0.717, 1.165) is 32.2 Å². The number of hydrogen-bond acceptors (Lipinski definition) is 3. The third kappa shape index (κ3) is 3.94. The molecule has 92 valence electrons. The Labute approximate surface area is 97.1 Å². The summed E-state index contributed by atoms with van der Waals surface area (Å²) in [5.74, 6) is 0.131. The number of carbonyl (C=O) groups excluding carboxylic acids is 1. The Hall–Kier alpha value is -0.870. The van der Waals surface area contributed by atoms with Crippen LogP contribution in [0.3, 0.4) is 0 Å². The number of aliphatic hydroxyl groups is 1. The topological polar surface area (TPSA) is 66.6 Å². The Bertz CT molecular complexity index is 253. The van der Waals surface area contributed by atoms with Crippen LogP contribution in [0.15, 0.2) is 12.2 Å². The van der Waals surface area contributed by atoms with Crippen LogP contribution < -0.4 is 5.73 Å². The average molecular weight is 226 g/mol. The number of unbranched alkanes of at least 4 members (excludes halogenated alkanes) is 2. The van der Waals surface area contributed by atoms with E-state index in [1.807, 2.05) is 19.2 Å². The molecule has 2 atom stereocenters. The standard InChI is InChI=1S/C12H22N2O2/c1-14(7-3-2-4-8-15)12(16)10-5-6-11(13)9-10/h5-6,10-11,15H,2-4,7-9,13H2,1H3. The normalized spacial score (nSPS) is 23.7. The minimum Gasteiger partial charge on any atom is -0.396 e. The van der Waals surface area contributed by atoms with E-state index in [2.05, 4.69) is 0 Å². The van der Waals surface area contributed by atoms with E-state index in [0.29, 0.717) is 0 Å². The van der Waals surface area contributed by atoms with Crippen LogP contribution in [0.5, 0.6) is 0 Å². The lowest BCUT2D eigenvalue weighted by molar-refractivity contribution is -0.132. The number of aliphatic hydroxyl groups excluding tert-OH is 1. The van der Waals surface area contributed by atoms with Gasteiger partial charge in [0.05, 0.1) is 5.92 Å². The molecule has 2 unspecified atom stereocenters. The Morgan fingerprint density at radius 3 is 2.75 bits per heavy atom. The molecular formula is C12H22N2O2. The van der Waals surface area contributed by atoms with E-state index in [-0.39, 0.29) is 24.5 Å². The van der Waals surface area contributed by atoms with Crippen LogP contribution in [-0.2, 0) is 4.79 Å². The number of nitrogens with zero attached hydrogens (tertiary/aromatic N) is 1. The zero-order chi connectivity index (χ0) is 12.0. The average Bonchev–Trinajstić information content (AvgIpc) is 2.70. The number of rotatable bonds is 6. The van der Waals surface area contributed by atoms with Gasteiger partial charge >= 0.3 is 0 Å². The van der Waals surface area contributed by atoms with Gasteiger partial charge in [0.1, 0.15) is 0 Å². The Balaban J connectivity index is 2.23. The van der Waals surface area contributed by atoms with Gasteiger partial charge in [0, 0.05) is 26.2 Å². The van der Waals surface area contributed by atoms with Crippen LogP contribution in [-0.4, -0.2) is 42.2 Å². The summed E-state index contributed by atoms with van der Waals surface area (Å²) in [6.07, 6.45) is 7.29. The molecule has 1 aliphatic carbocycles. The van der Waals surface area contributed by atoms with Crippen LogP contribution >= 0.6 is 0 Å². The van der Waals surface area contributed by atoms with Crippen LogP contribution in [0, 0.1) is 5.92 Å². The summed E-state index contributed by atoms with van der Waals surface area (Å²) in [5.41, 5.74) is 5.72. The Morgan fingerprint density at radius 2 is 2.19 bits per heavy atom. The molecule has 0 radical (unpaired) electrons. The van der Waals surface area contributed by atoms with E-state index in [1.54, 1.807) is 4.90 Å². The Morgan fingerprint density at radius 1 is 1.44 bits per heavy atom. The van der Waals surface area contributed by atoms with Gasteiger partial charge in [-0.3, -0.25) is 4.79 Å². The molecule has 0 bridgehead atoms. The van der Waals surface area contributed by atoms with Crippen molar-refractivity contribution in [1.29, 1.82) is 0 Å². The predicted octanol–water partition coefficient (Wildman–Crippen LogP) is 0.511. The molecule has 4 heteroatoms. The first-order valence-corrected chi connectivity index (χ1v) is 5.95. The van der Waals surface area contributed by atoms with Crippen molar-refractivity contribution in [3.63, 3.8) is 0 Å². The van der Waals surface area contributed by atoms with Crippen molar-refractivity contribution in [1.82, 2.24) is 4.90 Å². The fraction of sp³-hybridized carbons (Fsp3) is 0.750. The molecule has 1 aliphatic rings. The van der Waals surface area contributed by atoms with Gasteiger partial charge in [0.15, 0.2) is 0 Å². The van der Waals surface area contributed by atoms with Gasteiger partial charge in [-0.25, -0.2) is 0 Å². The maximum Gasteiger partial charge on any atom is 0.229 e. The third-order valence-corrected chi connectivity index (χ3v) is 2.96. The lowest BCUT2D eigenvalue weighted by atomic mass is 10.1. The fourth-order valence-electron chi connectivity index (χ4n) is 1.94. The molecule has 0 fully saturated rings. The van der Waals surface area contributed by atoms with Crippen LogP contribution in [0.25, 0.3) is 0 Å². The van der Waals surface area contributed by atoms with Gasteiger partial charge in [-0.2, -0.15) is 0 Å². The van der Waals surface area contributed by atoms with Crippen LogP contribution in [0.2, 0.25) is 0 Å². The summed E-state index contributed by atoms with van der Waals surface area (Å²) >= 11 is 0. The number of amides is 1. The number of nitrogens with two attached hydrogens (primary N) is 1. The lowest BCUT2D eigenvalue weighted by Gasteiger charge is -2.20. The van der Waals surface area contributed by atoms with Gasteiger partial charge < -0.3 is 15.7 Å². The molecular weight excluding hydrogens is 204 g/mol. The van der Waals surface area contributed by atoms with Gasteiger partial charge in [0.25, 0.3) is 0 Å². The second kappa shape index (κ2) is 6.66. The van der Waals surface area contributed by atoms with Crippen LogP contribution in [0.1, 0.15) is 25.7 Å². The highest BCUT2D eigenvalue weighted by Crippen LogP contribution is 2.18. The van der Waals surface area contributed by atoms with E-state index in [4.69, 9.17) is 10.8 Å². The Kier molecular flexibility index (Phi) is 5.49. The SMILES string of the molecule is CN(CCCCCO)C(=O)C1C=CC(N)C1. The van der Waals surface area contributed by atoms with Crippen molar-refractivity contribution in [2.45, 2.75) is 31.7 Å². The molecule has 0 aromatic heterocycles. The zero-order valence-electron chi connectivity index (χ0n) is 9.93. The molecule has 4 nitrogen and oxygen atoms in total. The number of carbonyl (C=O) groups is 1. The lowest BCUT2D eigenvalue weighted by Crippen LogP contribution is -2.33. The summed E-state index contributed by atoms with van der Waals surface area (Å²) < 4.78 is 0. The van der Waals surface area contributed by atoms with Gasteiger partial charge in [-0.1, -0.05) is 12.2 Å². The van der Waals surface area contributed by atoms with Gasteiger partial charge in [-0.05, 0) is 25.7 Å². The molecule has 1 rings (SSSR count). The minimum absolute atomic E-state index is 0.0298. The first kappa shape index (κ1) is 13.2. The maximum absolute atomic E-state index is 11.9. The summed E-state index contributed by atoms with van der Waals surface area (Å²) in [6.45, 7) is 0.996. The molecule has 1 amide bonds. The predicted molar refractivity (Wildman–Crippen MR) is 63.8 cm³/mol. The van der Waals surface area contributed by atoms with E-state index in [1.165, 1.54) is 0 Å². The highest BCUT2D eigenvalue weighted by atomic mass is 16.2. The van der Waals surface area contributed by atoms with Gasteiger partial charge in [0.2, 0.25) is 5.91 Å². The van der Waals surface area contributed by atoms with Crippen molar-refractivity contribution in [3.05, 3.63) is 12.2 Å². The van der Waals surface area contributed by atoms with Crippen molar-refractivity contribution in [2.24, 2.45) is 11.7 Å². The highest BCUT2D eigenvalue weighted by molar-refractivity contribution is 5.80. The first-order chi connectivity index (χ1) is 7.65. The van der Waals surface area contributed by atoms with Crippen molar-refractivity contribution in [2.75, 3.05) is 20.2 Å². The summed E-state index contributed by atoms with van der Waals surface area (Å²) in [6, 6.07) is 0.0386. The fourth-order valence-corrected chi connectivity index (χ4v) is 1.94. The quantitative estimate of drug-likeness (QED) is 0.512. The summed E-state index contributed by atoms with van der Waals surface area (Å²) in [5, 5.41) is 8.64. The first-order valence-electron chi connectivity index (χ1n) is 5.95. The summed E-state index contributed by atoms with van der Waals surface area (Å²) in [7, 11) is 1.83. The van der Waals surface area contributed by atoms with Gasteiger partial charge in [-0.15, -0.1) is 0 Å². The van der Waals surface area contributed by atoms with Crippen molar-refractivity contribution < 1.29 is 9.90 Å². The van der Waals surface area contributed by atoms with Crippen LogP contribution in [0.4, 0.5) is 0 Å². The molecule has 0 saturated heterocycles. The smallest absolute Gasteiger partial charge is 0.229 e. The molecule has 0 saturated carbocycles. The van der Waals surface area contributed by atoms with E-state index < -0.39 is 0 Å². The molecule has 0 aliphatic heterocycles. The summed E-state index contributed by atoms with van der Waals surface area (Å²) in [4.78, 5) is 13.7. The van der Waals surface area contributed by atoms with E-state index in [9.17, 15) is 4.79 Å². The van der Waals surface area contributed by atoms with E-state index >= 15 is 0 Å². The zero-order valence-corrected chi connectivity index (χ0v) is 9.93. The minimum atomic E-state index is -0.0298. The molecule has 0 heterocycles. The number of hydrogen-bond donors (Lipinski definition) is 2. The monoisotopic (exact) mass is 226 g/mol. The van der Waals surface area contributed by atoms with Crippen molar-refractivity contribution in [3.8, 4) is 0 Å². The van der Waals surface area contributed by atoms with Crippen molar-refractivity contribution >= 4 is 5.91 Å². The maximum atomic E-state index is 11.9. The largest absolute Gasteiger partial charge is 0.396 e.